The van der Waals surface area contributed by atoms with Gasteiger partial charge >= 0.3 is 0 Å². The van der Waals surface area contributed by atoms with E-state index >= 15 is 0 Å². The average molecular weight is 347 g/mol. The minimum Gasteiger partial charge on any atom is -0.400 e. The monoisotopic (exact) mass is 346 g/mol. The Morgan fingerprint density at radius 2 is 1.67 bits per heavy atom. The third-order valence-electron chi connectivity index (χ3n) is 3.77. The Hall–Kier alpha value is -0.176. The molecule has 0 saturated carbocycles. The number of aliphatic hydroxyl groups is 1. The van der Waals surface area contributed by atoms with E-state index in [1.54, 1.807) is 6.92 Å². The first-order valence-electron chi connectivity index (χ1n) is 7.51. The van der Waals surface area contributed by atoms with Crippen LogP contribution in [0.2, 0.25) is 18.1 Å². The van der Waals surface area contributed by atoms with Crippen molar-refractivity contribution in [2.45, 2.75) is 52.2 Å². The van der Waals surface area contributed by atoms with Crippen LogP contribution >= 0.6 is 11.6 Å². The zero-order valence-corrected chi connectivity index (χ0v) is 17.2. The molecule has 6 heteroatoms. The van der Waals surface area contributed by atoms with E-state index in [2.05, 4.69) is 26.9 Å². The Kier molecular flexibility index (Phi) is 7.60. The third kappa shape index (κ3) is 4.64. The van der Waals surface area contributed by atoms with E-state index in [0.717, 1.165) is 5.56 Å². The van der Waals surface area contributed by atoms with E-state index in [-0.39, 0.29) is 17.6 Å². The van der Waals surface area contributed by atoms with Gasteiger partial charge in [0.05, 0.1) is 6.10 Å². The second kappa shape index (κ2) is 8.45. The summed E-state index contributed by atoms with van der Waals surface area (Å²) in [6.45, 7) is 10.2. The summed E-state index contributed by atoms with van der Waals surface area (Å²) in [4.78, 5) is 0. The van der Waals surface area contributed by atoms with Crippen molar-refractivity contribution >= 4 is 31.1 Å². The van der Waals surface area contributed by atoms with Gasteiger partial charge in [0.1, 0.15) is 6.29 Å². The molecule has 0 aromatic heterocycles. The standard InChI is InChI=1S/C15H27ClO3Si2/c1-10(17)13(11-8-6-7-9-12(11)16)15(2,3)14(18-20-4)19-21-5/h6-10,13-14,17H,20-21H2,1-5H3. The maximum Gasteiger partial charge on any atom is 0.161 e. The zero-order valence-electron chi connectivity index (χ0n) is 13.6. The average Bonchev–Trinajstić information content (AvgIpc) is 2.40. The molecule has 0 fully saturated rings. The first-order valence-corrected chi connectivity index (χ1v) is 11.9. The Labute approximate surface area is 137 Å². The molecule has 0 bridgehead atoms. The molecule has 1 aromatic rings. The number of aliphatic hydroxyl groups excluding tert-OH is 1. The molecule has 2 atom stereocenters. The second-order valence-corrected chi connectivity index (χ2v) is 8.03. The summed E-state index contributed by atoms with van der Waals surface area (Å²) in [5, 5.41) is 11.0. The number of benzene rings is 1. The van der Waals surface area contributed by atoms with Gasteiger partial charge < -0.3 is 14.0 Å². The number of hydrogen-bond donors (Lipinski definition) is 1. The molecule has 0 spiro atoms. The summed E-state index contributed by atoms with van der Waals surface area (Å²) < 4.78 is 11.9. The second-order valence-electron chi connectivity index (χ2n) is 5.80. The Morgan fingerprint density at radius 3 is 2.10 bits per heavy atom. The first kappa shape index (κ1) is 18.9. The summed E-state index contributed by atoms with van der Waals surface area (Å²) in [5.74, 6) is -0.141. The van der Waals surface area contributed by atoms with Crippen molar-refractivity contribution in [3.05, 3.63) is 34.9 Å². The van der Waals surface area contributed by atoms with E-state index < -0.39 is 25.6 Å². The maximum atomic E-state index is 10.4. The molecule has 0 aliphatic carbocycles. The molecule has 1 aromatic carbocycles. The largest absolute Gasteiger partial charge is 0.400 e. The fourth-order valence-corrected chi connectivity index (χ4v) is 5.04. The van der Waals surface area contributed by atoms with Crippen LogP contribution < -0.4 is 0 Å². The van der Waals surface area contributed by atoms with Gasteiger partial charge in [-0.05, 0) is 18.6 Å². The van der Waals surface area contributed by atoms with Crippen LogP contribution in [0.25, 0.3) is 0 Å². The van der Waals surface area contributed by atoms with Gasteiger partial charge in [-0.1, -0.05) is 56.7 Å². The number of halogens is 1. The van der Waals surface area contributed by atoms with Crippen LogP contribution in [0.3, 0.4) is 0 Å². The molecule has 0 amide bonds. The highest BCUT2D eigenvalue weighted by Crippen LogP contribution is 2.44. The molecule has 120 valence electrons. The molecule has 0 heterocycles. The van der Waals surface area contributed by atoms with Crippen molar-refractivity contribution in [3.63, 3.8) is 0 Å². The molecular weight excluding hydrogens is 320 g/mol. The smallest absolute Gasteiger partial charge is 0.161 e. The SMILES string of the molecule is C[SiH2]OC(O[SiH2]C)C(C)(C)C(c1ccccc1Cl)C(C)O. The molecule has 1 N–H and O–H groups in total. The molecule has 0 aliphatic heterocycles. The van der Waals surface area contributed by atoms with Crippen LogP contribution in [0.1, 0.15) is 32.3 Å². The molecule has 1 rings (SSSR count). The zero-order chi connectivity index (χ0) is 16.0. The molecule has 3 nitrogen and oxygen atoms in total. The summed E-state index contributed by atoms with van der Waals surface area (Å²) in [6, 6.07) is 7.69. The number of hydrogen-bond acceptors (Lipinski definition) is 3. The van der Waals surface area contributed by atoms with Crippen LogP contribution in [0, 0.1) is 5.41 Å². The van der Waals surface area contributed by atoms with Crippen LogP contribution in [-0.4, -0.2) is 37.0 Å². The molecule has 21 heavy (non-hydrogen) atoms. The van der Waals surface area contributed by atoms with Crippen LogP contribution in [0.15, 0.2) is 24.3 Å². The van der Waals surface area contributed by atoms with Crippen molar-refractivity contribution < 1.29 is 14.0 Å². The quantitative estimate of drug-likeness (QED) is 0.580. The normalized spacial score (nSPS) is 17.7. The van der Waals surface area contributed by atoms with Gasteiger partial charge in [0.15, 0.2) is 19.5 Å². The van der Waals surface area contributed by atoms with Gasteiger partial charge in [-0.15, -0.1) is 0 Å². The van der Waals surface area contributed by atoms with Gasteiger partial charge in [-0.3, -0.25) is 0 Å². The van der Waals surface area contributed by atoms with Gasteiger partial charge in [-0.25, -0.2) is 0 Å². The number of rotatable bonds is 8. The lowest BCUT2D eigenvalue weighted by Crippen LogP contribution is -2.44. The lowest BCUT2D eigenvalue weighted by Gasteiger charge is -2.42. The first-order chi connectivity index (χ1) is 9.86. The van der Waals surface area contributed by atoms with E-state index in [1.165, 1.54) is 0 Å². The highest BCUT2D eigenvalue weighted by atomic mass is 35.5. The highest BCUT2D eigenvalue weighted by molar-refractivity contribution is 6.31. The highest BCUT2D eigenvalue weighted by Gasteiger charge is 2.42. The topological polar surface area (TPSA) is 38.7 Å². The van der Waals surface area contributed by atoms with Crippen molar-refractivity contribution in [3.8, 4) is 0 Å². The predicted molar refractivity (Wildman–Crippen MR) is 94.4 cm³/mol. The minimum atomic E-state index is -0.597. The van der Waals surface area contributed by atoms with Gasteiger partial charge in [-0.2, -0.15) is 0 Å². The molecular formula is C15H27ClO3Si2. The molecule has 0 aliphatic rings. The molecule has 0 radical (unpaired) electrons. The van der Waals surface area contributed by atoms with E-state index in [0.29, 0.717) is 5.02 Å². The van der Waals surface area contributed by atoms with Crippen molar-refractivity contribution in [2.75, 3.05) is 0 Å². The lowest BCUT2D eigenvalue weighted by atomic mass is 9.71. The molecule has 0 saturated heterocycles. The van der Waals surface area contributed by atoms with Crippen LogP contribution in [-0.2, 0) is 8.85 Å². The third-order valence-corrected chi connectivity index (χ3v) is 5.38. The lowest BCUT2D eigenvalue weighted by molar-refractivity contribution is -0.105. The maximum absolute atomic E-state index is 10.4. The fourth-order valence-electron chi connectivity index (χ4n) is 2.94. The summed E-state index contributed by atoms with van der Waals surface area (Å²) in [5.41, 5.74) is 0.595. The fraction of sp³-hybridized carbons (Fsp3) is 0.600. The van der Waals surface area contributed by atoms with Gasteiger partial charge in [0.25, 0.3) is 0 Å². The van der Waals surface area contributed by atoms with E-state index in [9.17, 15) is 5.11 Å². The van der Waals surface area contributed by atoms with E-state index in [4.69, 9.17) is 20.5 Å². The van der Waals surface area contributed by atoms with Gasteiger partial charge in [0, 0.05) is 16.4 Å². The summed E-state index contributed by atoms with van der Waals surface area (Å²) in [7, 11) is -1.19. The van der Waals surface area contributed by atoms with E-state index in [1.807, 2.05) is 24.3 Å². The predicted octanol–water partition coefficient (Wildman–Crippen LogP) is 2.45. The summed E-state index contributed by atoms with van der Waals surface area (Å²) >= 11 is 6.35. The Morgan fingerprint density at radius 1 is 1.14 bits per heavy atom. The Bertz CT molecular complexity index is 435. The van der Waals surface area contributed by atoms with Crippen molar-refractivity contribution in [1.29, 1.82) is 0 Å². The van der Waals surface area contributed by atoms with Crippen molar-refractivity contribution in [1.82, 2.24) is 0 Å². The minimum absolute atomic E-state index is 0.141. The molecule has 2 unspecified atom stereocenters. The van der Waals surface area contributed by atoms with Crippen LogP contribution in [0.5, 0.6) is 0 Å². The van der Waals surface area contributed by atoms with Gasteiger partial charge in [0.2, 0.25) is 0 Å². The Balaban J connectivity index is 3.22. The van der Waals surface area contributed by atoms with Crippen molar-refractivity contribution in [2.24, 2.45) is 5.41 Å². The summed E-state index contributed by atoms with van der Waals surface area (Å²) in [6.07, 6.45) is -0.812. The van der Waals surface area contributed by atoms with Crippen LogP contribution in [0.4, 0.5) is 0 Å².